The van der Waals surface area contributed by atoms with Crippen LogP contribution in [0.1, 0.15) is 23.0 Å². The number of hydrogen-bond acceptors (Lipinski definition) is 6. The molecule has 10 heteroatoms. The lowest BCUT2D eigenvalue weighted by molar-refractivity contribution is -0.153. The Balaban J connectivity index is 2.12. The zero-order valence-corrected chi connectivity index (χ0v) is 15.2. The van der Waals surface area contributed by atoms with E-state index >= 15 is 0 Å². The van der Waals surface area contributed by atoms with E-state index in [9.17, 15) is 22.8 Å². The number of halogens is 3. The molecule has 0 fully saturated rings. The average molecular weight is 402 g/mol. The Morgan fingerprint density at radius 3 is 2.70 bits per heavy atom. The number of rotatable bonds is 8. The maximum atomic E-state index is 12.8. The fourth-order valence-electron chi connectivity index (χ4n) is 2.15. The summed E-state index contributed by atoms with van der Waals surface area (Å²) in [5.41, 5.74) is 2.31. The van der Waals surface area contributed by atoms with Gasteiger partial charge >= 0.3 is 12.1 Å². The van der Waals surface area contributed by atoms with Gasteiger partial charge in [-0.25, -0.2) is 4.98 Å². The second-order valence-electron chi connectivity index (χ2n) is 5.38. The third-order valence-electron chi connectivity index (χ3n) is 3.23. The van der Waals surface area contributed by atoms with Crippen molar-refractivity contribution in [3.8, 4) is 5.75 Å². The van der Waals surface area contributed by atoms with Crippen LogP contribution in [-0.4, -0.2) is 47.6 Å². The fourth-order valence-corrected chi connectivity index (χ4v) is 2.69. The zero-order chi connectivity index (χ0) is 19.9. The van der Waals surface area contributed by atoms with Gasteiger partial charge in [-0.1, -0.05) is 6.07 Å². The number of amides is 1. The number of benzene rings is 1. The Labute approximate surface area is 157 Å². The second-order valence-corrected chi connectivity index (χ2v) is 6.10. The summed E-state index contributed by atoms with van der Waals surface area (Å²) in [6.07, 6.45) is -4.65. The first-order chi connectivity index (χ1) is 12.8. The van der Waals surface area contributed by atoms with E-state index in [0.717, 1.165) is 0 Å². The van der Waals surface area contributed by atoms with Gasteiger partial charge in [-0.3, -0.25) is 9.59 Å². The van der Waals surface area contributed by atoms with E-state index in [4.69, 9.17) is 4.74 Å². The molecule has 1 amide bonds. The predicted octanol–water partition coefficient (Wildman–Crippen LogP) is 3.29. The van der Waals surface area contributed by atoms with E-state index in [2.05, 4.69) is 9.72 Å². The summed E-state index contributed by atoms with van der Waals surface area (Å²) in [5, 5.41) is 1.79. The lowest BCUT2D eigenvalue weighted by Gasteiger charge is -2.23. The maximum Gasteiger partial charge on any atom is 0.406 e. The molecule has 6 nitrogen and oxygen atoms in total. The Hall–Kier alpha value is -2.62. The number of esters is 1. The first-order valence-electron chi connectivity index (χ1n) is 7.90. The zero-order valence-electron chi connectivity index (χ0n) is 14.4. The fraction of sp³-hybridized carbons (Fsp3) is 0.353. The molecule has 0 saturated carbocycles. The highest BCUT2D eigenvalue weighted by atomic mass is 32.1. The maximum absolute atomic E-state index is 12.8. The number of hydrogen-bond donors (Lipinski definition) is 0. The third-order valence-corrected chi connectivity index (χ3v) is 3.87. The molecule has 0 atom stereocenters. The largest absolute Gasteiger partial charge is 0.487 e. The second kappa shape index (κ2) is 9.36. The Morgan fingerprint density at radius 2 is 2.07 bits per heavy atom. The van der Waals surface area contributed by atoms with Crippen molar-refractivity contribution < 1.29 is 32.2 Å². The molecule has 2 aromatic rings. The standard InChI is InChI=1S/C17H17F3N2O4S/c1-2-25-15(23)7-22(10-17(18,19)20)16(24)12-4-3-5-14(6-12)26-8-13-9-27-11-21-13/h3-6,9,11H,2,7-8,10H2,1H3. The summed E-state index contributed by atoms with van der Waals surface area (Å²) >= 11 is 1.40. The predicted molar refractivity (Wildman–Crippen MR) is 91.5 cm³/mol. The summed E-state index contributed by atoms with van der Waals surface area (Å²) in [6.45, 7) is -0.662. The van der Waals surface area contributed by atoms with E-state index in [1.807, 2.05) is 0 Å². The van der Waals surface area contributed by atoms with Crippen molar-refractivity contribution in [1.82, 2.24) is 9.88 Å². The van der Waals surface area contributed by atoms with Crippen molar-refractivity contribution in [2.24, 2.45) is 0 Å². The molecule has 0 bridgehead atoms. The van der Waals surface area contributed by atoms with Crippen LogP contribution in [-0.2, 0) is 16.1 Å². The quantitative estimate of drug-likeness (QED) is 0.634. The molecule has 0 unspecified atom stereocenters. The first kappa shape index (κ1) is 20.7. The lowest BCUT2D eigenvalue weighted by atomic mass is 10.2. The lowest BCUT2D eigenvalue weighted by Crippen LogP contribution is -2.42. The molecular formula is C17H17F3N2O4S. The highest BCUT2D eigenvalue weighted by Crippen LogP contribution is 2.21. The van der Waals surface area contributed by atoms with Gasteiger partial charge in [0.15, 0.2) is 0 Å². The molecule has 2 rings (SSSR count). The van der Waals surface area contributed by atoms with Gasteiger partial charge in [0, 0.05) is 10.9 Å². The van der Waals surface area contributed by atoms with E-state index in [-0.39, 0.29) is 18.8 Å². The number of thiazole rings is 1. The summed E-state index contributed by atoms with van der Waals surface area (Å²) in [6, 6.07) is 5.73. The van der Waals surface area contributed by atoms with Crippen molar-refractivity contribution >= 4 is 23.2 Å². The van der Waals surface area contributed by atoms with Crippen LogP contribution >= 0.6 is 11.3 Å². The van der Waals surface area contributed by atoms with Crippen molar-refractivity contribution in [1.29, 1.82) is 0 Å². The van der Waals surface area contributed by atoms with E-state index < -0.39 is 31.1 Å². The van der Waals surface area contributed by atoms with Gasteiger partial charge in [-0.2, -0.15) is 13.2 Å². The SMILES string of the molecule is CCOC(=O)CN(CC(F)(F)F)C(=O)c1cccc(OCc2cscn2)c1. The highest BCUT2D eigenvalue weighted by molar-refractivity contribution is 7.07. The van der Waals surface area contributed by atoms with Crippen LogP contribution < -0.4 is 4.74 Å². The molecule has 146 valence electrons. The van der Waals surface area contributed by atoms with Crippen molar-refractivity contribution in [2.45, 2.75) is 19.7 Å². The Kier molecular flexibility index (Phi) is 7.17. The normalized spacial score (nSPS) is 11.1. The Morgan fingerprint density at radius 1 is 1.30 bits per heavy atom. The molecule has 1 aromatic carbocycles. The molecule has 0 aliphatic rings. The van der Waals surface area contributed by atoms with Gasteiger partial charge in [-0.05, 0) is 25.1 Å². The van der Waals surface area contributed by atoms with Crippen LogP contribution in [0.5, 0.6) is 5.75 Å². The highest BCUT2D eigenvalue weighted by Gasteiger charge is 2.34. The molecule has 0 N–H and O–H groups in total. The smallest absolute Gasteiger partial charge is 0.406 e. The summed E-state index contributed by atoms with van der Waals surface area (Å²) < 4.78 is 48.5. The minimum absolute atomic E-state index is 0.00677. The minimum atomic E-state index is -4.65. The topological polar surface area (TPSA) is 68.7 Å². The van der Waals surface area contributed by atoms with Gasteiger partial charge in [0.2, 0.25) is 0 Å². The first-order valence-corrected chi connectivity index (χ1v) is 8.84. The number of nitrogens with zero attached hydrogens (tertiary/aromatic N) is 2. The average Bonchev–Trinajstić information content (AvgIpc) is 3.11. The van der Waals surface area contributed by atoms with Crippen LogP contribution in [0.3, 0.4) is 0 Å². The molecule has 0 aliphatic heterocycles. The summed E-state index contributed by atoms with van der Waals surface area (Å²) in [5.74, 6) is -1.55. The van der Waals surface area contributed by atoms with Crippen molar-refractivity contribution in [2.75, 3.05) is 19.7 Å². The number of carbonyl (C=O) groups excluding carboxylic acids is 2. The van der Waals surface area contributed by atoms with Crippen molar-refractivity contribution in [3.05, 3.63) is 46.4 Å². The van der Waals surface area contributed by atoms with Crippen LogP contribution in [0.25, 0.3) is 0 Å². The van der Waals surface area contributed by atoms with Crippen LogP contribution in [0.15, 0.2) is 35.2 Å². The molecule has 27 heavy (non-hydrogen) atoms. The number of alkyl halides is 3. The van der Waals surface area contributed by atoms with Gasteiger partial charge in [0.05, 0.1) is 17.8 Å². The summed E-state index contributed by atoms with van der Waals surface area (Å²) in [7, 11) is 0. The number of ether oxygens (including phenoxy) is 2. The van der Waals surface area contributed by atoms with Crippen LogP contribution in [0.2, 0.25) is 0 Å². The van der Waals surface area contributed by atoms with Gasteiger partial charge < -0.3 is 14.4 Å². The van der Waals surface area contributed by atoms with Gasteiger partial charge in [0.25, 0.3) is 5.91 Å². The Bertz CT molecular complexity index is 766. The third kappa shape index (κ3) is 6.89. The monoisotopic (exact) mass is 402 g/mol. The molecule has 0 aliphatic carbocycles. The van der Waals surface area contributed by atoms with E-state index in [0.29, 0.717) is 16.3 Å². The summed E-state index contributed by atoms with van der Waals surface area (Å²) in [4.78, 5) is 28.5. The van der Waals surface area contributed by atoms with Gasteiger partial charge in [-0.15, -0.1) is 11.3 Å². The van der Waals surface area contributed by atoms with Crippen molar-refractivity contribution in [3.63, 3.8) is 0 Å². The molecule has 0 saturated heterocycles. The number of carbonyl (C=O) groups is 2. The molecule has 0 radical (unpaired) electrons. The molecule has 0 spiro atoms. The molecule has 1 heterocycles. The van der Waals surface area contributed by atoms with E-state index in [1.165, 1.54) is 36.5 Å². The minimum Gasteiger partial charge on any atom is -0.487 e. The number of aromatic nitrogens is 1. The van der Waals surface area contributed by atoms with Crippen LogP contribution in [0.4, 0.5) is 13.2 Å². The van der Waals surface area contributed by atoms with Gasteiger partial charge in [0.1, 0.15) is 25.4 Å². The molecular weight excluding hydrogens is 385 g/mol. The molecule has 1 aromatic heterocycles. The van der Waals surface area contributed by atoms with Crippen LogP contribution in [0, 0.1) is 0 Å². The van der Waals surface area contributed by atoms with E-state index in [1.54, 1.807) is 17.0 Å².